The Morgan fingerprint density at radius 1 is 1.10 bits per heavy atom. The van der Waals surface area contributed by atoms with E-state index < -0.39 is 0 Å². The van der Waals surface area contributed by atoms with Gasteiger partial charge in [0.05, 0.1) is 5.39 Å². The number of aromatic nitrogens is 2. The number of fused-ring (bicyclic) bond motifs is 3. The molecule has 2 N–H and O–H groups in total. The second-order valence-corrected chi connectivity index (χ2v) is 10.7. The fourth-order valence-corrected chi connectivity index (χ4v) is 7.03. The number of hydrogen-bond donors (Lipinski definition) is 1. The predicted octanol–water partition coefficient (Wildman–Crippen LogP) is 5.51. The first-order valence-electron chi connectivity index (χ1n) is 11.3. The molecule has 0 unspecified atom stereocenters. The third kappa shape index (κ3) is 4.36. The topological polar surface area (TPSA) is 55.0 Å². The highest BCUT2D eigenvalue weighted by molar-refractivity contribution is 7.99. The number of aryl methyl sites for hydroxylation is 1. The van der Waals surface area contributed by atoms with Crippen molar-refractivity contribution in [3.8, 4) is 0 Å². The molecule has 1 fully saturated rings. The minimum absolute atomic E-state index is 0.601. The second kappa shape index (κ2) is 9.25. The summed E-state index contributed by atoms with van der Waals surface area (Å²) < 4.78 is 0. The number of nitrogens with two attached hydrogens (primary N) is 1. The summed E-state index contributed by atoms with van der Waals surface area (Å²) in [6.45, 7) is 3.73. The molecule has 30 heavy (non-hydrogen) atoms. The Morgan fingerprint density at radius 2 is 1.93 bits per heavy atom. The summed E-state index contributed by atoms with van der Waals surface area (Å²) in [5.41, 5.74) is 9.28. The number of anilines is 1. The Kier molecular flexibility index (Phi) is 6.25. The number of likely N-dealkylation sites (tertiary alicyclic amines) is 1. The molecular weight excluding hydrogens is 408 g/mol. The van der Waals surface area contributed by atoms with E-state index in [2.05, 4.69) is 40.2 Å². The van der Waals surface area contributed by atoms with E-state index in [1.54, 1.807) is 11.8 Å². The first kappa shape index (κ1) is 20.3. The molecule has 0 amide bonds. The van der Waals surface area contributed by atoms with Crippen LogP contribution in [0.4, 0.5) is 5.82 Å². The first-order chi connectivity index (χ1) is 14.8. The molecule has 1 aromatic carbocycles. The smallest absolute Gasteiger partial charge is 0.190 e. The van der Waals surface area contributed by atoms with E-state index in [-0.39, 0.29) is 0 Å². The molecule has 4 nitrogen and oxygen atoms in total. The Morgan fingerprint density at radius 3 is 2.77 bits per heavy atom. The molecule has 0 saturated carbocycles. The number of thiophene rings is 1. The van der Waals surface area contributed by atoms with Gasteiger partial charge >= 0.3 is 0 Å². The van der Waals surface area contributed by atoms with Crippen molar-refractivity contribution in [3.63, 3.8) is 0 Å². The molecule has 3 aromatic rings. The van der Waals surface area contributed by atoms with Crippen molar-refractivity contribution in [3.05, 3.63) is 46.3 Å². The molecule has 3 heterocycles. The minimum atomic E-state index is 0.601. The quantitative estimate of drug-likeness (QED) is 0.312. The average Bonchev–Trinajstić information content (AvgIpc) is 3.16. The zero-order chi connectivity index (χ0) is 20.3. The van der Waals surface area contributed by atoms with Crippen LogP contribution in [-0.2, 0) is 12.8 Å². The average molecular weight is 439 g/mol. The fraction of sp³-hybridized carbons (Fsp3) is 0.500. The number of rotatable bonds is 6. The molecule has 5 rings (SSSR count). The van der Waals surface area contributed by atoms with E-state index in [9.17, 15) is 0 Å². The van der Waals surface area contributed by atoms with E-state index in [0.29, 0.717) is 11.7 Å². The molecule has 0 spiro atoms. The first-order valence-corrected chi connectivity index (χ1v) is 13.1. The van der Waals surface area contributed by atoms with Crippen molar-refractivity contribution in [1.82, 2.24) is 14.9 Å². The zero-order valence-corrected chi connectivity index (χ0v) is 19.1. The number of nitrogen functional groups attached to an aromatic ring is 1. The van der Waals surface area contributed by atoms with Gasteiger partial charge in [-0.25, -0.2) is 9.97 Å². The van der Waals surface area contributed by atoms with Crippen LogP contribution in [-0.4, -0.2) is 40.3 Å². The summed E-state index contributed by atoms with van der Waals surface area (Å²) in [5, 5.41) is 1.97. The van der Waals surface area contributed by atoms with Gasteiger partial charge in [-0.1, -0.05) is 48.5 Å². The lowest BCUT2D eigenvalue weighted by molar-refractivity contribution is 0.230. The van der Waals surface area contributed by atoms with Gasteiger partial charge < -0.3 is 10.6 Å². The molecule has 1 aliphatic heterocycles. The standard InChI is InChI=1S/C24H30N4S2/c25-22-21-19-11-10-18(17-8-3-1-4-9-17)16-20(19)30-23(21)27-24(26-22)29-15-7-14-28-12-5-2-6-13-28/h1,3-4,8-9,18H,2,5-7,10-16H2,(H2,25,26,27)/t18-/m0/s1. The lowest BCUT2D eigenvalue weighted by Crippen LogP contribution is -2.30. The van der Waals surface area contributed by atoms with Crippen molar-refractivity contribution >= 4 is 39.1 Å². The summed E-state index contributed by atoms with van der Waals surface area (Å²) >= 11 is 3.59. The normalized spacial score (nSPS) is 19.8. The maximum atomic E-state index is 6.43. The van der Waals surface area contributed by atoms with Crippen LogP contribution in [0.3, 0.4) is 0 Å². The van der Waals surface area contributed by atoms with Gasteiger partial charge in [0.15, 0.2) is 5.16 Å². The van der Waals surface area contributed by atoms with E-state index in [4.69, 9.17) is 10.7 Å². The zero-order valence-electron chi connectivity index (χ0n) is 17.5. The third-order valence-corrected chi connectivity index (χ3v) is 8.57. The molecule has 158 valence electrons. The Labute approximate surface area is 187 Å². The number of nitrogens with zero attached hydrogens (tertiary/aromatic N) is 3. The number of thioether (sulfide) groups is 1. The van der Waals surface area contributed by atoms with Gasteiger partial charge in [0.25, 0.3) is 0 Å². The number of piperidine rings is 1. The maximum absolute atomic E-state index is 6.43. The van der Waals surface area contributed by atoms with Crippen LogP contribution in [0, 0.1) is 0 Å². The van der Waals surface area contributed by atoms with E-state index >= 15 is 0 Å². The number of benzene rings is 1. The molecular formula is C24H30N4S2. The van der Waals surface area contributed by atoms with Gasteiger partial charge in [-0.15, -0.1) is 11.3 Å². The van der Waals surface area contributed by atoms with Crippen molar-refractivity contribution in [2.45, 2.75) is 56.0 Å². The lowest BCUT2D eigenvalue weighted by atomic mass is 9.83. The van der Waals surface area contributed by atoms with Crippen LogP contribution >= 0.6 is 23.1 Å². The van der Waals surface area contributed by atoms with Gasteiger partial charge in [-0.3, -0.25) is 0 Å². The van der Waals surface area contributed by atoms with Crippen molar-refractivity contribution < 1.29 is 0 Å². The van der Waals surface area contributed by atoms with Crippen LogP contribution in [0.15, 0.2) is 35.5 Å². The largest absolute Gasteiger partial charge is 0.383 e. The summed E-state index contributed by atoms with van der Waals surface area (Å²) in [6.07, 6.45) is 8.65. The van der Waals surface area contributed by atoms with Crippen LogP contribution in [0.25, 0.3) is 10.2 Å². The molecule has 1 aliphatic carbocycles. The lowest BCUT2D eigenvalue weighted by Gasteiger charge is -2.26. The van der Waals surface area contributed by atoms with Gasteiger partial charge in [-0.2, -0.15) is 0 Å². The van der Waals surface area contributed by atoms with Gasteiger partial charge in [0.2, 0.25) is 0 Å². The van der Waals surface area contributed by atoms with E-state index in [1.165, 1.54) is 67.7 Å². The highest BCUT2D eigenvalue weighted by Crippen LogP contribution is 2.42. The summed E-state index contributed by atoms with van der Waals surface area (Å²) in [4.78, 5) is 14.7. The summed E-state index contributed by atoms with van der Waals surface area (Å²) in [5.74, 6) is 2.33. The second-order valence-electron chi connectivity index (χ2n) is 8.53. The van der Waals surface area contributed by atoms with Crippen molar-refractivity contribution in [2.75, 3.05) is 31.1 Å². The summed E-state index contributed by atoms with van der Waals surface area (Å²) in [7, 11) is 0. The van der Waals surface area contributed by atoms with Gasteiger partial charge in [-0.05, 0) is 75.2 Å². The van der Waals surface area contributed by atoms with Crippen molar-refractivity contribution in [1.29, 1.82) is 0 Å². The summed E-state index contributed by atoms with van der Waals surface area (Å²) in [6, 6.07) is 10.9. The van der Waals surface area contributed by atoms with E-state index in [1.807, 2.05) is 11.3 Å². The highest BCUT2D eigenvalue weighted by Gasteiger charge is 2.26. The predicted molar refractivity (Wildman–Crippen MR) is 129 cm³/mol. The fourth-order valence-electron chi connectivity index (χ4n) is 4.89. The van der Waals surface area contributed by atoms with Gasteiger partial charge in [0, 0.05) is 10.6 Å². The van der Waals surface area contributed by atoms with Crippen LogP contribution in [0.2, 0.25) is 0 Å². The van der Waals surface area contributed by atoms with Crippen LogP contribution < -0.4 is 5.73 Å². The molecule has 2 aromatic heterocycles. The van der Waals surface area contributed by atoms with Crippen LogP contribution in [0.5, 0.6) is 0 Å². The number of hydrogen-bond acceptors (Lipinski definition) is 6. The minimum Gasteiger partial charge on any atom is -0.383 e. The van der Waals surface area contributed by atoms with E-state index in [0.717, 1.165) is 34.0 Å². The highest BCUT2D eigenvalue weighted by atomic mass is 32.2. The molecule has 2 aliphatic rings. The SMILES string of the molecule is Nc1nc(SCCCN2CCCCC2)nc2sc3c(c12)CC[C@H](c1ccccc1)C3. The third-order valence-electron chi connectivity index (χ3n) is 6.49. The Bertz CT molecular complexity index is 995. The van der Waals surface area contributed by atoms with Gasteiger partial charge in [0.1, 0.15) is 10.6 Å². The molecule has 0 bridgehead atoms. The Balaban J connectivity index is 1.27. The molecule has 1 atom stereocenters. The maximum Gasteiger partial charge on any atom is 0.190 e. The Hall–Kier alpha value is -1.63. The van der Waals surface area contributed by atoms with Crippen molar-refractivity contribution in [2.24, 2.45) is 0 Å². The molecule has 0 radical (unpaired) electrons. The molecule has 1 saturated heterocycles. The monoisotopic (exact) mass is 438 g/mol. The van der Waals surface area contributed by atoms with Crippen LogP contribution in [0.1, 0.15) is 54.0 Å². The molecule has 6 heteroatoms.